The van der Waals surface area contributed by atoms with Crippen LogP contribution in [-0.4, -0.2) is 10.8 Å². The highest BCUT2D eigenvalue weighted by molar-refractivity contribution is 5.94. The molecule has 7 heteroatoms. The minimum absolute atomic E-state index is 0.0843. The second-order valence-electron chi connectivity index (χ2n) is 4.37. The number of nitro benzene ring substituents is 1. The summed E-state index contributed by atoms with van der Waals surface area (Å²) in [6.07, 6.45) is 0. The van der Waals surface area contributed by atoms with E-state index >= 15 is 0 Å². The van der Waals surface area contributed by atoms with Crippen molar-refractivity contribution in [2.75, 3.05) is 0 Å². The van der Waals surface area contributed by atoms with Gasteiger partial charge in [0, 0.05) is 11.1 Å². The molecule has 108 valence electrons. The molecule has 0 bridgehead atoms. The summed E-state index contributed by atoms with van der Waals surface area (Å²) in [5, 5.41) is 18.0. The van der Waals surface area contributed by atoms with Gasteiger partial charge in [-0.25, -0.2) is 4.39 Å². The summed E-state index contributed by atoms with van der Waals surface area (Å²) in [5.74, 6) is -0.664. The van der Waals surface area contributed by atoms with Gasteiger partial charge in [-0.1, -0.05) is 0 Å². The van der Waals surface area contributed by atoms with Gasteiger partial charge in [-0.2, -0.15) is 0 Å². The number of nitrogens with one attached hydrogen (secondary N) is 1. The summed E-state index contributed by atoms with van der Waals surface area (Å²) in [6.45, 7) is 1.50. The lowest BCUT2D eigenvalue weighted by molar-refractivity contribution is -0.385. The summed E-state index contributed by atoms with van der Waals surface area (Å²) >= 11 is 0. The summed E-state index contributed by atoms with van der Waals surface area (Å²) in [4.78, 5) is 10.1. The van der Waals surface area contributed by atoms with Crippen LogP contribution < -0.4 is 10.5 Å². The molecule has 6 nitrogen and oxygen atoms in total. The van der Waals surface area contributed by atoms with Gasteiger partial charge in [-0.3, -0.25) is 15.5 Å². The van der Waals surface area contributed by atoms with Crippen molar-refractivity contribution in [3.8, 4) is 11.5 Å². The fourth-order valence-electron chi connectivity index (χ4n) is 1.75. The summed E-state index contributed by atoms with van der Waals surface area (Å²) in [5.41, 5.74) is 5.84. The average molecular weight is 289 g/mol. The van der Waals surface area contributed by atoms with Gasteiger partial charge in [0.15, 0.2) is 11.6 Å². The molecule has 2 aromatic carbocycles. The third-order valence-corrected chi connectivity index (χ3v) is 2.84. The number of ether oxygens (including phenoxy) is 1. The molecular weight excluding hydrogens is 277 g/mol. The average Bonchev–Trinajstić information content (AvgIpc) is 2.42. The van der Waals surface area contributed by atoms with Crippen LogP contribution in [0.25, 0.3) is 0 Å². The molecule has 0 radical (unpaired) electrons. The SMILES string of the molecule is Cc1cc(Oc2ccc(C(=N)N)cc2)c(F)cc1[N+](=O)[O-]. The van der Waals surface area contributed by atoms with Crippen molar-refractivity contribution in [3.63, 3.8) is 0 Å². The largest absolute Gasteiger partial charge is 0.454 e. The molecule has 0 heterocycles. The number of hydrogen-bond acceptors (Lipinski definition) is 4. The zero-order chi connectivity index (χ0) is 15.6. The number of nitrogens with zero attached hydrogens (tertiary/aromatic N) is 1. The topological polar surface area (TPSA) is 102 Å². The molecule has 0 aliphatic heterocycles. The van der Waals surface area contributed by atoms with Crippen LogP contribution >= 0.6 is 0 Å². The van der Waals surface area contributed by atoms with Gasteiger partial charge < -0.3 is 10.5 Å². The molecule has 0 aromatic heterocycles. The predicted octanol–water partition coefficient (Wildman–Crippen LogP) is 3.12. The molecule has 2 aromatic rings. The first-order valence-electron chi connectivity index (χ1n) is 5.95. The van der Waals surface area contributed by atoms with E-state index in [4.69, 9.17) is 15.9 Å². The Labute approximate surface area is 119 Å². The minimum Gasteiger partial charge on any atom is -0.454 e. The van der Waals surface area contributed by atoms with Crippen molar-refractivity contribution >= 4 is 11.5 Å². The Bertz CT molecular complexity index is 714. The fourth-order valence-corrected chi connectivity index (χ4v) is 1.75. The number of amidine groups is 1. The number of nitrogen functional groups attached to an aromatic ring is 1. The highest BCUT2D eigenvalue weighted by Gasteiger charge is 2.16. The van der Waals surface area contributed by atoms with Crippen LogP contribution in [-0.2, 0) is 0 Å². The van der Waals surface area contributed by atoms with E-state index in [1.807, 2.05) is 0 Å². The molecule has 0 aliphatic rings. The van der Waals surface area contributed by atoms with Crippen LogP contribution in [0.15, 0.2) is 36.4 Å². The second kappa shape index (κ2) is 5.58. The quantitative estimate of drug-likeness (QED) is 0.390. The first kappa shape index (κ1) is 14.4. The van der Waals surface area contributed by atoms with Crippen molar-refractivity contribution < 1.29 is 14.1 Å². The van der Waals surface area contributed by atoms with Crippen molar-refractivity contribution in [2.45, 2.75) is 6.92 Å². The van der Waals surface area contributed by atoms with E-state index in [0.717, 1.165) is 6.07 Å². The first-order valence-corrected chi connectivity index (χ1v) is 5.95. The molecule has 3 N–H and O–H groups in total. The maximum absolute atomic E-state index is 13.8. The number of rotatable bonds is 4. The van der Waals surface area contributed by atoms with Crippen molar-refractivity contribution in [3.05, 3.63) is 63.5 Å². The zero-order valence-corrected chi connectivity index (χ0v) is 11.1. The number of nitro groups is 1. The monoisotopic (exact) mass is 289 g/mol. The maximum atomic E-state index is 13.8. The molecule has 0 saturated carbocycles. The maximum Gasteiger partial charge on any atom is 0.275 e. The molecule has 0 aliphatic carbocycles. The standard InChI is InChI=1S/C14H12FN3O3/c1-8-6-13(11(15)7-12(8)18(19)20)21-10-4-2-9(3-5-10)14(16)17/h2-7H,1H3,(H3,16,17). The molecule has 21 heavy (non-hydrogen) atoms. The third-order valence-electron chi connectivity index (χ3n) is 2.84. The van der Waals surface area contributed by atoms with Gasteiger partial charge in [-0.15, -0.1) is 0 Å². The number of aryl methyl sites for hydroxylation is 1. The van der Waals surface area contributed by atoms with Crippen LogP contribution in [0, 0.1) is 28.3 Å². The molecule has 2 rings (SSSR count). The summed E-state index contributed by atoms with van der Waals surface area (Å²) in [7, 11) is 0. The number of halogens is 1. The van der Waals surface area contributed by atoms with E-state index in [2.05, 4.69) is 0 Å². The molecule has 0 unspecified atom stereocenters. The van der Waals surface area contributed by atoms with Crippen LogP contribution in [0.3, 0.4) is 0 Å². The van der Waals surface area contributed by atoms with E-state index in [9.17, 15) is 14.5 Å². The van der Waals surface area contributed by atoms with Crippen LogP contribution in [0.2, 0.25) is 0 Å². The summed E-state index contributed by atoms with van der Waals surface area (Å²) < 4.78 is 19.2. The van der Waals surface area contributed by atoms with Crippen molar-refractivity contribution in [1.29, 1.82) is 5.41 Å². The molecule has 0 atom stereocenters. The van der Waals surface area contributed by atoms with E-state index < -0.39 is 10.7 Å². The lowest BCUT2D eigenvalue weighted by atomic mass is 10.2. The van der Waals surface area contributed by atoms with Crippen molar-refractivity contribution in [1.82, 2.24) is 0 Å². The van der Waals surface area contributed by atoms with Gasteiger partial charge in [0.2, 0.25) is 0 Å². The van der Waals surface area contributed by atoms with Gasteiger partial charge in [-0.05, 0) is 37.3 Å². The molecular formula is C14H12FN3O3. The van der Waals surface area contributed by atoms with Gasteiger partial charge in [0.05, 0.1) is 11.0 Å². The number of benzene rings is 2. The lowest BCUT2D eigenvalue weighted by Crippen LogP contribution is -2.10. The van der Waals surface area contributed by atoms with E-state index in [1.54, 1.807) is 12.1 Å². The molecule has 0 fully saturated rings. The summed E-state index contributed by atoms with van der Waals surface area (Å²) in [6, 6.07) is 8.29. The van der Waals surface area contributed by atoms with Gasteiger partial charge in [0.1, 0.15) is 11.6 Å². The Kier molecular flexibility index (Phi) is 3.84. The second-order valence-corrected chi connectivity index (χ2v) is 4.37. The fraction of sp³-hybridized carbons (Fsp3) is 0.0714. The Hall–Kier alpha value is -2.96. The van der Waals surface area contributed by atoms with E-state index in [-0.39, 0.29) is 17.3 Å². The Morgan fingerprint density at radius 1 is 1.33 bits per heavy atom. The Balaban J connectivity index is 2.29. The third kappa shape index (κ3) is 3.14. The number of hydrogen-bond donors (Lipinski definition) is 2. The van der Waals surface area contributed by atoms with Crippen molar-refractivity contribution in [2.24, 2.45) is 5.73 Å². The van der Waals surface area contributed by atoms with Crippen LogP contribution in [0.1, 0.15) is 11.1 Å². The van der Waals surface area contributed by atoms with E-state index in [1.165, 1.54) is 25.1 Å². The van der Waals surface area contributed by atoms with Gasteiger partial charge >= 0.3 is 0 Å². The highest BCUT2D eigenvalue weighted by Crippen LogP contribution is 2.30. The lowest BCUT2D eigenvalue weighted by Gasteiger charge is -2.08. The molecule has 0 saturated heterocycles. The highest BCUT2D eigenvalue weighted by atomic mass is 19.1. The normalized spacial score (nSPS) is 10.2. The molecule has 0 spiro atoms. The van der Waals surface area contributed by atoms with Gasteiger partial charge in [0.25, 0.3) is 5.69 Å². The zero-order valence-electron chi connectivity index (χ0n) is 11.1. The predicted molar refractivity (Wildman–Crippen MR) is 75.3 cm³/mol. The Morgan fingerprint density at radius 3 is 2.48 bits per heavy atom. The van der Waals surface area contributed by atoms with Crippen LogP contribution in [0.5, 0.6) is 11.5 Å². The van der Waals surface area contributed by atoms with Crippen LogP contribution in [0.4, 0.5) is 10.1 Å². The minimum atomic E-state index is -0.817. The Morgan fingerprint density at radius 2 is 1.95 bits per heavy atom. The molecule has 0 amide bonds. The smallest absolute Gasteiger partial charge is 0.275 e. The van der Waals surface area contributed by atoms with E-state index in [0.29, 0.717) is 16.9 Å². The first-order chi connectivity index (χ1) is 9.88. The number of nitrogens with two attached hydrogens (primary N) is 1.